The van der Waals surface area contributed by atoms with Crippen LogP contribution in [0.2, 0.25) is 0 Å². The van der Waals surface area contributed by atoms with Crippen molar-refractivity contribution in [1.82, 2.24) is 4.90 Å². The summed E-state index contributed by atoms with van der Waals surface area (Å²) < 4.78 is 11.7. The molecule has 2 aliphatic heterocycles. The number of rotatable bonds is 6. The first-order chi connectivity index (χ1) is 11.2. The van der Waals surface area contributed by atoms with Crippen LogP contribution in [0.25, 0.3) is 0 Å². The van der Waals surface area contributed by atoms with Crippen molar-refractivity contribution in [3.05, 3.63) is 21.9 Å². The summed E-state index contributed by atoms with van der Waals surface area (Å²) in [5, 5.41) is 11.0. The smallest absolute Gasteiger partial charge is 0.346 e. The Labute approximate surface area is 141 Å². The molecule has 1 N–H and O–H groups in total. The van der Waals surface area contributed by atoms with Gasteiger partial charge in [0.15, 0.2) is 0 Å². The van der Waals surface area contributed by atoms with Gasteiger partial charge < -0.3 is 14.6 Å². The van der Waals surface area contributed by atoms with Gasteiger partial charge in [-0.15, -0.1) is 11.3 Å². The van der Waals surface area contributed by atoms with Gasteiger partial charge in [0.05, 0.1) is 18.8 Å². The average Bonchev–Trinajstić information content (AvgIpc) is 3.04. The third-order valence-corrected chi connectivity index (χ3v) is 5.61. The van der Waals surface area contributed by atoms with Crippen molar-refractivity contribution in [2.75, 3.05) is 26.3 Å². The van der Waals surface area contributed by atoms with Gasteiger partial charge in [-0.2, -0.15) is 0 Å². The predicted molar refractivity (Wildman–Crippen MR) is 89.1 cm³/mol. The number of carbonyl (C=O) groups is 1. The minimum Gasteiger partial charge on any atom is -0.477 e. The Balaban J connectivity index is 1.39. The highest BCUT2D eigenvalue weighted by atomic mass is 32.1. The minimum absolute atomic E-state index is 0.283. The van der Waals surface area contributed by atoms with Gasteiger partial charge in [-0.05, 0) is 49.1 Å². The lowest BCUT2D eigenvalue weighted by atomic mass is 10.1. The summed E-state index contributed by atoms with van der Waals surface area (Å²) in [5.74, 6) is -0.819. The molecule has 1 aromatic rings. The van der Waals surface area contributed by atoms with Crippen LogP contribution < -0.4 is 0 Å². The van der Waals surface area contributed by atoms with Gasteiger partial charge in [-0.1, -0.05) is 0 Å². The van der Waals surface area contributed by atoms with E-state index < -0.39 is 5.97 Å². The van der Waals surface area contributed by atoms with Crippen LogP contribution in [0.1, 0.15) is 47.3 Å². The van der Waals surface area contributed by atoms with Crippen LogP contribution in [-0.4, -0.2) is 54.5 Å². The second-order valence-corrected chi connectivity index (χ2v) is 7.29. The molecule has 0 amide bonds. The summed E-state index contributed by atoms with van der Waals surface area (Å²) in [6.07, 6.45) is 6.17. The maximum atomic E-state index is 11.2. The Hall–Kier alpha value is -0.950. The molecule has 0 spiro atoms. The van der Waals surface area contributed by atoms with E-state index in [1.807, 2.05) is 11.4 Å². The maximum Gasteiger partial charge on any atom is 0.346 e. The van der Waals surface area contributed by atoms with Gasteiger partial charge in [-0.25, -0.2) is 4.79 Å². The first-order valence-electron chi connectivity index (χ1n) is 8.47. The van der Waals surface area contributed by atoms with Gasteiger partial charge in [0.1, 0.15) is 4.88 Å². The number of hydrogen-bond acceptors (Lipinski definition) is 5. The third-order valence-electron chi connectivity index (χ3n) is 4.66. The van der Waals surface area contributed by atoms with Crippen molar-refractivity contribution in [3.8, 4) is 0 Å². The zero-order valence-electron chi connectivity index (χ0n) is 13.4. The lowest BCUT2D eigenvalue weighted by Gasteiger charge is -2.33. The topological polar surface area (TPSA) is 59.0 Å². The van der Waals surface area contributed by atoms with Crippen molar-refractivity contribution < 1.29 is 19.4 Å². The first kappa shape index (κ1) is 16.9. The number of carboxylic acids is 1. The molecule has 0 bridgehead atoms. The fourth-order valence-electron chi connectivity index (χ4n) is 3.31. The van der Waals surface area contributed by atoms with E-state index in [4.69, 9.17) is 9.47 Å². The van der Waals surface area contributed by atoms with Crippen molar-refractivity contribution in [2.45, 2.75) is 50.9 Å². The molecule has 0 saturated carbocycles. The van der Waals surface area contributed by atoms with Crippen LogP contribution in [0, 0.1) is 0 Å². The van der Waals surface area contributed by atoms with E-state index in [0.29, 0.717) is 11.0 Å². The molecule has 1 aromatic heterocycles. The van der Waals surface area contributed by atoms with Crippen LogP contribution >= 0.6 is 11.3 Å². The molecular formula is C17H25NO4S. The molecule has 5 nitrogen and oxygen atoms in total. The summed E-state index contributed by atoms with van der Waals surface area (Å²) in [6.45, 7) is 4.25. The molecule has 2 saturated heterocycles. The normalized spacial score (nSPS) is 23.9. The number of thiophene rings is 1. The second-order valence-electron chi connectivity index (χ2n) is 6.38. The molecule has 0 aromatic carbocycles. The summed E-state index contributed by atoms with van der Waals surface area (Å²) in [5.41, 5.74) is 0.928. The fourth-order valence-corrected chi connectivity index (χ4v) is 4.06. The number of piperidine rings is 1. The number of hydrogen-bond donors (Lipinski definition) is 1. The molecule has 3 heterocycles. The lowest BCUT2D eigenvalue weighted by molar-refractivity contribution is -0.0753. The lowest BCUT2D eigenvalue weighted by Crippen LogP contribution is -2.38. The van der Waals surface area contributed by atoms with Crippen LogP contribution in [0.4, 0.5) is 0 Å². The van der Waals surface area contributed by atoms with E-state index >= 15 is 0 Å². The highest BCUT2D eigenvalue weighted by Gasteiger charge is 2.23. The summed E-state index contributed by atoms with van der Waals surface area (Å²) in [6, 6.07) is 1.93. The van der Waals surface area contributed by atoms with Gasteiger partial charge in [0.25, 0.3) is 0 Å². The van der Waals surface area contributed by atoms with Crippen LogP contribution in [0.15, 0.2) is 11.4 Å². The zero-order valence-corrected chi connectivity index (χ0v) is 14.2. The Kier molecular flexibility index (Phi) is 6.05. The highest BCUT2D eigenvalue weighted by molar-refractivity contribution is 7.12. The SMILES string of the molecule is O=C(O)c1sccc1CN1CCC(OCC2CCCCO2)CC1. The molecule has 1 atom stereocenters. The average molecular weight is 339 g/mol. The number of carboxylic acid groups (broad SMARTS) is 1. The van der Waals surface area contributed by atoms with Gasteiger partial charge in [0, 0.05) is 26.2 Å². The van der Waals surface area contributed by atoms with Crippen LogP contribution in [0.5, 0.6) is 0 Å². The van der Waals surface area contributed by atoms with Crippen LogP contribution in [0.3, 0.4) is 0 Å². The van der Waals surface area contributed by atoms with Gasteiger partial charge >= 0.3 is 5.97 Å². The molecule has 2 fully saturated rings. The van der Waals surface area contributed by atoms with E-state index in [1.54, 1.807) is 0 Å². The standard InChI is InChI=1S/C17H25NO4S/c19-17(20)16-13(6-10-23-16)11-18-7-4-14(5-8-18)22-12-15-3-1-2-9-21-15/h6,10,14-15H,1-5,7-9,11-12H2,(H,19,20). The molecular weight excluding hydrogens is 314 g/mol. The molecule has 1 unspecified atom stereocenters. The maximum absolute atomic E-state index is 11.2. The van der Waals surface area contributed by atoms with Gasteiger partial charge in [0.2, 0.25) is 0 Å². The Morgan fingerprint density at radius 1 is 1.35 bits per heavy atom. The van der Waals surface area contributed by atoms with E-state index in [1.165, 1.54) is 24.2 Å². The Bertz CT molecular complexity index is 504. The van der Waals surface area contributed by atoms with E-state index in [2.05, 4.69) is 4.90 Å². The van der Waals surface area contributed by atoms with E-state index in [0.717, 1.165) is 57.7 Å². The number of ether oxygens (including phenoxy) is 2. The quantitative estimate of drug-likeness (QED) is 0.863. The third kappa shape index (κ3) is 4.76. The summed E-state index contributed by atoms with van der Waals surface area (Å²) in [7, 11) is 0. The number of nitrogens with zero attached hydrogens (tertiary/aromatic N) is 1. The minimum atomic E-state index is -0.819. The largest absolute Gasteiger partial charge is 0.477 e. The Morgan fingerprint density at radius 2 is 2.17 bits per heavy atom. The fraction of sp³-hybridized carbons (Fsp3) is 0.706. The van der Waals surface area contributed by atoms with Crippen LogP contribution in [-0.2, 0) is 16.0 Å². The van der Waals surface area contributed by atoms with Crippen molar-refractivity contribution >= 4 is 17.3 Å². The first-order valence-corrected chi connectivity index (χ1v) is 9.35. The van der Waals surface area contributed by atoms with Gasteiger partial charge in [-0.3, -0.25) is 4.90 Å². The predicted octanol–water partition coefficient (Wildman–Crippen LogP) is 3.00. The van der Waals surface area contributed by atoms with E-state index in [-0.39, 0.29) is 6.10 Å². The van der Waals surface area contributed by atoms with Crippen molar-refractivity contribution in [1.29, 1.82) is 0 Å². The number of likely N-dealkylation sites (tertiary alicyclic amines) is 1. The second kappa shape index (κ2) is 8.24. The summed E-state index contributed by atoms with van der Waals surface area (Å²) >= 11 is 1.31. The van der Waals surface area contributed by atoms with E-state index in [9.17, 15) is 9.90 Å². The summed E-state index contributed by atoms with van der Waals surface area (Å²) in [4.78, 5) is 14.0. The molecule has 0 aliphatic carbocycles. The molecule has 3 rings (SSSR count). The molecule has 23 heavy (non-hydrogen) atoms. The molecule has 2 aliphatic rings. The monoisotopic (exact) mass is 339 g/mol. The molecule has 0 radical (unpaired) electrons. The zero-order chi connectivity index (χ0) is 16.1. The number of aromatic carboxylic acids is 1. The molecule has 128 valence electrons. The van der Waals surface area contributed by atoms with Crippen molar-refractivity contribution in [2.24, 2.45) is 0 Å². The molecule has 6 heteroatoms. The Morgan fingerprint density at radius 3 is 2.87 bits per heavy atom. The highest BCUT2D eigenvalue weighted by Crippen LogP contribution is 2.22. The van der Waals surface area contributed by atoms with Crippen molar-refractivity contribution in [3.63, 3.8) is 0 Å².